The van der Waals surface area contributed by atoms with Gasteiger partial charge in [0.05, 0.1) is 16.7 Å². The summed E-state index contributed by atoms with van der Waals surface area (Å²) in [7, 11) is 3.50. The first kappa shape index (κ1) is 74.4. The van der Waals surface area contributed by atoms with Gasteiger partial charge in [-0.15, -0.1) is 0 Å². The number of alkyl halides is 15. The quantitative estimate of drug-likeness (QED) is 0.245. The molecule has 0 aromatic heterocycles. The highest BCUT2D eigenvalue weighted by Gasteiger charge is 2.39. The van der Waals surface area contributed by atoms with Crippen LogP contribution in [0.1, 0.15) is 129 Å². The summed E-state index contributed by atoms with van der Waals surface area (Å²) in [6.45, 7) is 37.8. The number of allylic oxidation sites excluding steroid dienone is 12. The molecule has 0 atom stereocenters. The molecule has 20 heteroatoms. The Morgan fingerprint density at radius 1 is 0.410 bits per heavy atom. The Hall–Kier alpha value is -6.60. The zero-order valence-corrected chi connectivity index (χ0v) is 49.5. The van der Waals surface area contributed by atoms with Crippen molar-refractivity contribution < 1.29 is 70.2 Å². The summed E-state index contributed by atoms with van der Waals surface area (Å²) in [4.78, 5) is 3.37. The van der Waals surface area contributed by atoms with Gasteiger partial charge in [-0.1, -0.05) is 139 Å². The molecule has 0 saturated carbocycles. The predicted molar refractivity (Wildman–Crippen MR) is 302 cm³/mol. The van der Waals surface area contributed by atoms with Crippen molar-refractivity contribution in [2.45, 2.75) is 140 Å². The number of likely N-dealkylation sites (N-methyl/N-ethyl adjacent to an activating group) is 2. The molecule has 0 spiro atoms. The summed E-state index contributed by atoms with van der Waals surface area (Å²) in [6.07, 6.45) is -9.11. The molecule has 2 aromatic carbocycles. The van der Waals surface area contributed by atoms with Gasteiger partial charge < -0.3 is 20.4 Å². The number of nitrogens with one attached hydrogen (secondary N) is 2. The van der Waals surface area contributed by atoms with Gasteiger partial charge in [0.1, 0.15) is 5.82 Å². The summed E-state index contributed by atoms with van der Waals surface area (Å²) < 4.78 is 201. The summed E-state index contributed by atoms with van der Waals surface area (Å²) in [5.41, 5.74) is 3.71. The molecular formula is C63H78F16N4. The fraction of sp³-hybridized carbons (Fsp3) is 0.429. The number of benzene rings is 2. The van der Waals surface area contributed by atoms with E-state index < -0.39 is 60.3 Å². The first-order chi connectivity index (χ1) is 37.8. The van der Waals surface area contributed by atoms with E-state index in [-0.39, 0.29) is 69.1 Å². The van der Waals surface area contributed by atoms with Crippen molar-refractivity contribution in [3.8, 4) is 0 Å². The normalized spacial score (nSPS) is 15.8. The fourth-order valence-corrected chi connectivity index (χ4v) is 8.03. The highest BCUT2D eigenvalue weighted by atomic mass is 19.4. The first-order valence-corrected chi connectivity index (χ1v) is 26.3. The number of dihydropyridines is 2. The van der Waals surface area contributed by atoms with Gasteiger partial charge in [-0.05, 0) is 112 Å². The second-order valence-electron chi connectivity index (χ2n) is 21.4. The molecular weight excluding hydrogens is 1120 g/mol. The lowest BCUT2D eigenvalue weighted by atomic mass is 9.92. The molecule has 0 aliphatic carbocycles. The molecule has 4 heterocycles. The average molecular weight is 1200 g/mol. The minimum atomic E-state index is -4.48. The Morgan fingerprint density at radius 3 is 1.22 bits per heavy atom. The van der Waals surface area contributed by atoms with E-state index in [0.29, 0.717) is 39.9 Å². The number of nitrogens with zero attached hydrogens (tertiary/aromatic N) is 2. The zero-order chi connectivity index (χ0) is 64.6. The van der Waals surface area contributed by atoms with Gasteiger partial charge >= 0.3 is 18.5 Å². The van der Waals surface area contributed by atoms with Gasteiger partial charge in [0.2, 0.25) is 0 Å². The highest BCUT2D eigenvalue weighted by molar-refractivity contribution is 5.47. The fourth-order valence-electron chi connectivity index (χ4n) is 8.03. The number of rotatable bonds is 9. The third kappa shape index (κ3) is 23.5. The van der Waals surface area contributed by atoms with Crippen molar-refractivity contribution in [2.75, 3.05) is 14.1 Å². The van der Waals surface area contributed by atoms with Crippen LogP contribution in [0.15, 0.2) is 179 Å². The lowest BCUT2D eigenvalue weighted by Crippen LogP contribution is -2.24. The van der Waals surface area contributed by atoms with Crippen molar-refractivity contribution >= 4 is 0 Å². The molecule has 2 aromatic rings. The molecule has 4 aliphatic heterocycles. The van der Waals surface area contributed by atoms with Crippen molar-refractivity contribution in [1.29, 1.82) is 0 Å². The Kier molecular flexibility index (Phi) is 28.6. The van der Waals surface area contributed by atoms with Crippen LogP contribution in [0.5, 0.6) is 0 Å². The summed E-state index contributed by atoms with van der Waals surface area (Å²) in [5.74, 6) is -1.10. The van der Waals surface area contributed by atoms with E-state index in [1.807, 2.05) is 61.6 Å². The Morgan fingerprint density at radius 2 is 0.807 bits per heavy atom. The predicted octanol–water partition coefficient (Wildman–Crippen LogP) is 20.6. The van der Waals surface area contributed by atoms with Crippen molar-refractivity contribution in [2.24, 2.45) is 23.7 Å². The SMILES string of the molecule is C=C1C=C(C(F)(F)F)C(C(C)C)=CN1.C=C1C=C(C(F)(F)F)C(C(C)C)=CN1C.C=C1C=C(C(F)F)C(C(C)C)=CN1.C=C1C=C(C(F)F)C(C(C)C)=CN1C.CC(C)c1ccc(F)cc1C(F)(F)F.Cc1ccc(C(C)C)c(C(F)F)c1. The maximum atomic E-state index is 12.7. The zero-order valence-electron chi connectivity index (χ0n) is 49.5. The van der Waals surface area contributed by atoms with Gasteiger partial charge in [-0.25, -0.2) is 30.7 Å². The van der Waals surface area contributed by atoms with Crippen LogP contribution in [0.2, 0.25) is 0 Å². The molecule has 4 nitrogen and oxygen atoms in total. The maximum Gasteiger partial charge on any atom is 0.416 e. The van der Waals surface area contributed by atoms with E-state index >= 15 is 0 Å². The first-order valence-electron chi connectivity index (χ1n) is 26.3. The molecule has 462 valence electrons. The van der Waals surface area contributed by atoms with Crippen LogP contribution in [0.4, 0.5) is 70.2 Å². The van der Waals surface area contributed by atoms with Crippen molar-refractivity contribution in [3.63, 3.8) is 0 Å². The smallest absolute Gasteiger partial charge is 0.362 e. The molecule has 0 unspecified atom stereocenters. The second-order valence-corrected chi connectivity index (χ2v) is 21.4. The Labute approximate surface area is 479 Å². The van der Waals surface area contributed by atoms with Gasteiger partial charge in [-0.3, -0.25) is 0 Å². The van der Waals surface area contributed by atoms with Crippen molar-refractivity contribution in [3.05, 3.63) is 213 Å². The van der Waals surface area contributed by atoms with Gasteiger partial charge in [0, 0.05) is 78.4 Å². The van der Waals surface area contributed by atoms with Crippen LogP contribution >= 0.6 is 0 Å². The van der Waals surface area contributed by atoms with Crippen molar-refractivity contribution in [1.82, 2.24) is 20.4 Å². The minimum absolute atomic E-state index is 0.0822. The molecule has 0 bridgehead atoms. The number of halogens is 16. The summed E-state index contributed by atoms with van der Waals surface area (Å²) >= 11 is 0. The molecule has 0 fully saturated rings. The van der Waals surface area contributed by atoms with Crippen LogP contribution in [0.25, 0.3) is 0 Å². The topological polar surface area (TPSA) is 30.5 Å². The molecule has 0 radical (unpaired) electrons. The van der Waals surface area contributed by atoms with Crippen LogP contribution in [-0.2, 0) is 6.18 Å². The minimum Gasteiger partial charge on any atom is -0.362 e. The van der Waals surface area contributed by atoms with E-state index in [0.717, 1.165) is 29.3 Å². The number of hydrogen-bond acceptors (Lipinski definition) is 4. The molecule has 0 saturated heterocycles. The largest absolute Gasteiger partial charge is 0.416 e. The van der Waals surface area contributed by atoms with Crippen LogP contribution in [0, 0.1) is 36.4 Å². The van der Waals surface area contributed by atoms with E-state index in [9.17, 15) is 70.2 Å². The van der Waals surface area contributed by atoms with Gasteiger partial charge in [0.25, 0.3) is 19.3 Å². The standard InChI is InChI=1S/C11H14F3N.C11H15F2N.C11H14F2.C10H10F4.C10H12F3N.C10H13F2N/c1-7(2)9-6-15(4)8(3)5-10(9)11(12,13)14;1-7(2)10-6-14(4)8(3)5-9(10)11(12)13;1-7(2)9-5-4-8(3)6-10(9)11(12)13;1-6(2)8-4-3-7(11)5-9(8)10(12,13)14;1-6(2)8-5-14-7(3)4-9(8)10(11,12)13;1-6(2)9-5-13-7(3)4-8(9)10(11)12/h5-7H,3H2,1-2,4H3;5-7,11H,3H2,1-2,4H3;4-7,11H,1-3H3;3-6H,1-2H3;4-6,14H,3H2,1-2H3;4-6,10,13H,3H2,1-2H3. The second kappa shape index (κ2) is 31.9. The van der Waals surface area contributed by atoms with Gasteiger partial charge in [-0.2, -0.15) is 39.5 Å². The van der Waals surface area contributed by atoms with E-state index in [1.165, 1.54) is 30.6 Å². The number of hydrogen-bond donors (Lipinski definition) is 2. The monoisotopic (exact) mass is 1190 g/mol. The maximum absolute atomic E-state index is 12.7. The molecule has 2 N–H and O–H groups in total. The molecule has 6 rings (SSSR count). The van der Waals surface area contributed by atoms with E-state index in [1.54, 1.807) is 82.9 Å². The lowest BCUT2D eigenvalue weighted by Gasteiger charge is -2.28. The average Bonchev–Trinajstić information content (AvgIpc) is 3.38. The Balaban J connectivity index is 0.000000498. The third-order valence-electron chi connectivity index (χ3n) is 12.6. The third-order valence-corrected chi connectivity index (χ3v) is 12.6. The molecule has 0 amide bonds. The molecule has 83 heavy (non-hydrogen) atoms. The molecule has 4 aliphatic rings. The van der Waals surface area contributed by atoms with Crippen LogP contribution in [0.3, 0.4) is 0 Å². The van der Waals surface area contributed by atoms with Crippen LogP contribution in [-0.4, -0.2) is 49.1 Å². The van der Waals surface area contributed by atoms with E-state index in [2.05, 4.69) is 36.9 Å². The Bertz CT molecular complexity index is 2820. The van der Waals surface area contributed by atoms with E-state index in [4.69, 9.17) is 0 Å². The summed E-state index contributed by atoms with van der Waals surface area (Å²) in [6, 6.07) is 8.01. The summed E-state index contributed by atoms with van der Waals surface area (Å²) in [5, 5.41) is 5.51. The lowest BCUT2D eigenvalue weighted by molar-refractivity contribution is -0.138. The highest BCUT2D eigenvalue weighted by Crippen LogP contribution is 2.40. The number of aryl methyl sites for hydroxylation is 1. The van der Waals surface area contributed by atoms with Gasteiger partial charge in [0.15, 0.2) is 0 Å². The van der Waals surface area contributed by atoms with Crippen LogP contribution < -0.4 is 10.6 Å².